The fraction of sp³-hybridized carbons (Fsp3) is 0.833. The Balaban J connectivity index is 1.86. The first kappa shape index (κ1) is 8.15. The molecular weight excluding hydrogens is 178 g/mol. The Morgan fingerprint density at radius 1 is 1.75 bits per heavy atom. The van der Waals surface area contributed by atoms with Gasteiger partial charge in [0.05, 0.1) is 0 Å². The summed E-state index contributed by atoms with van der Waals surface area (Å²) in [5.74, 6) is 0.688. The highest BCUT2D eigenvalue weighted by Gasteiger charge is 2.20. The van der Waals surface area contributed by atoms with E-state index in [1.807, 2.05) is 0 Å². The van der Waals surface area contributed by atoms with Gasteiger partial charge < -0.3 is 5.32 Å². The summed E-state index contributed by atoms with van der Waals surface area (Å²) in [7, 11) is 0. The van der Waals surface area contributed by atoms with Crippen LogP contribution in [0.3, 0.4) is 0 Å². The molecule has 2 aliphatic heterocycles. The van der Waals surface area contributed by atoms with E-state index in [2.05, 4.69) is 19.5 Å². The molecule has 0 saturated carbocycles. The van der Waals surface area contributed by atoms with Crippen molar-refractivity contribution in [2.45, 2.75) is 25.3 Å². The average molecular weight is 189 g/mol. The summed E-state index contributed by atoms with van der Waals surface area (Å²) in [5, 5.41) is 3.32. The first-order valence-electron chi connectivity index (χ1n) is 4.01. The fourth-order valence-corrected chi connectivity index (χ4v) is 1.95. The van der Waals surface area contributed by atoms with Crippen molar-refractivity contribution in [1.29, 1.82) is 0 Å². The van der Waals surface area contributed by atoms with E-state index in [-0.39, 0.29) is 0 Å². The predicted molar refractivity (Wildman–Crippen MR) is 45.4 cm³/mol. The van der Waals surface area contributed by atoms with Gasteiger partial charge in [0.2, 0.25) is 0 Å². The van der Waals surface area contributed by atoms with Gasteiger partial charge in [-0.3, -0.25) is 0 Å². The largest absolute Gasteiger partial charge is 0.314 e. The van der Waals surface area contributed by atoms with Gasteiger partial charge >= 0.3 is 11.3 Å². The van der Waals surface area contributed by atoms with Crippen LogP contribution in [0.15, 0.2) is 4.40 Å². The van der Waals surface area contributed by atoms with E-state index in [1.165, 1.54) is 6.42 Å². The Morgan fingerprint density at radius 2 is 2.67 bits per heavy atom. The first-order chi connectivity index (χ1) is 5.84. The van der Waals surface area contributed by atoms with Crippen LogP contribution >= 0.6 is 0 Å². The molecule has 0 aromatic rings. The molecule has 2 rings (SSSR count). The summed E-state index contributed by atoms with van der Waals surface area (Å²) >= 11 is -1.50. The zero-order valence-electron chi connectivity index (χ0n) is 6.58. The Hall–Kier alpha value is -0.460. The topological polar surface area (TPSA) is 62.7 Å². The molecule has 0 aliphatic carbocycles. The summed E-state index contributed by atoms with van der Waals surface area (Å²) in [6.45, 7) is 1.07. The van der Waals surface area contributed by atoms with Crippen LogP contribution in [-0.2, 0) is 15.6 Å². The van der Waals surface area contributed by atoms with E-state index < -0.39 is 11.3 Å². The Labute approximate surface area is 73.3 Å². The van der Waals surface area contributed by atoms with Crippen molar-refractivity contribution in [2.24, 2.45) is 4.40 Å². The van der Waals surface area contributed by atoms with E-state index in [1.54, 1.807) is 0 Å². The van der Waals surface area contributed by atoms with Crippen molar-refractivity contribution >= 4 is 17.1 Å². The molecule has 2 N–H and O–H groups in total. The zero-order valence-corrected chi connectivity index (χ0v) is 7.39. The third-order valence-corrected chi connectivity index (χ3v) is 2.61. The van der Waals surface area contributed by atoms with E-state index in [4.69, 9.17) is 0 Å². The van der Waals surface area contributed by atoms with Crippen molar-refractivity contribution in [2.75, 3.05) is 6.54 Å². The van der Waals surface area contributed by atoms with Crippen LogP contribution in [-0.4, -0.2) is 22.6 Å². The molecule has 2 aliphatic rings. The second-order valence-corrected chi connectivity index (χ2v) is 3.72. The first-order valence-corrected chi connectivity index (χ1v) is 5.04. The maximum absolute atomic E-state index is 10.6. The van der Waals surface area contributed by atoms with E-state index in [0.29, 0.717) is 11.9 Å². The highest BCUT2D eigenvalue weighted by molar-refractivity contribution is 7.79. The maximum atomic E-state index is 10.6. The fourth-order valence-electron chi connectivity index (χ4n) is 1.45. The monoisotopic (exact) mass is 189 g/mol. The molecule has 5 nitrogen and oxygen atoms in total. The molecule has 0 aromatic heterocycles. The van der Waals surface area contributed by atoms with Gasteiger partial charge in [0, 0.05) is 12.5 Å². The zero-order chi connectivity index (χ0) is 8.39. The van der Waals surface area contributed by atoms with Gasteiger partial charge in [-0.1, -0.05) is 0 Å². The average Bonchev–Trinajstić information content (AvgIpc) is 2.63. The van der Waals surface area contributed by atoms with Gasteiger partial charge in [0.25, 0.3) is 0 Å². The summed E-state index contributed by atoms with van der Waals surface area (Å²) in [5.41, 5.74) is 2.54. The molecule has 0 spiro atoms. The lowest BCUT2D eigenvalue weighted by Crippen LogP contribution is -2.28. The van der Waals surface area contributed by atoms with Crippen molar-refractivity contribution in [1.82, 2.24) is 10.8 Å². The summed E-state index contributed by atoms with van der Waals surface area (Å²) in [6.07, 6.45) is 3.15. The molecular formula is C6H11N3O2S. The van der Waals surface area contributed by atoms with Gasteiger partial charge in [-0.2, -0.15) is 4.28 Å². The number of nitrogens with one attached hydrogen (secondary N) is 2. The number of rotatable bonds is 2. The Morgan fingerprint density at radius 3 is 3.25 bits per heavy atom. The lowest BCUT2D eigenvalue weighted by atomic mass is 10.1. The van der Waals surface area contributed by atoms with Gasteiger partial charge in [0.15, 0.2) is 0 Å². The highest BCUT2D eigenvalue weighted by Crippen LogP contribution is 2.10. The molecule has 0 bridgehead atoms. The summed E-state index contributed by atoms with van der Waals surface area (Å²) < 4.78 is 19.0. The molecule has 1 saturated heterocycles. The van der Waals surface area contributed by atoms with Gasteiger partial charge in [-0.15, -0.1) is 4.40 Å². The van der Waals surface area contributed by atoms with Gasteiger partial charge in [-0.05, 0) is 19.4 Å². The van der Waals surface area contributed by atoms with Crippen LogP contribution in [0.1, 0.15) is 19.3 Å². The van der Waals surface area contributed by atoms with E-state index in [0.717, 1.165) is 19.4 Å². The maximum Gasteiger partial charge on any atom is 0.309 e. The van der Waals surface area contributed by atoms with Crippen molar-refractivity contribution in [3.63, 3.8) is 0 Å². The Kier molecular flexibility index (Phi) is 2.38. The van der Waals surface area contributed by atoms with Crippen LogP contribution in [0.4, 0.5) is 0 Å². The third-order valence-electron chi connectivity index (χ3n) is 2.02. The molecule has 0 aromatic carbocycles. The van der Waals surface area contributed by atoms with Crippen LogP contribution in [0, 0.1) is 0 Å². The van der Waals surface area contributed by atoms with E-state index in [9.17, 15) is 4.21 Å². The van der Waals surface area contributed by atoms with Crippen molar-refractivity contribution in [3.05, 3.63) is 0 Å². The van der Waals surface area contributed by atoms with Crippen LogP contribution < -0.4 is 10.8 Å². The van der Waals surface area contributed by atoms with Gasteiger partial charge in [0.1, 0.15) is 5.84 Å². The smallest absolute Gasteiger partial charge is 0.309 e. The minimum Gasteiger partial charge on any atom is -0.314 e. The second kappa shape index (κ2) is 3.51. The number of hydrogen-bond acceptors (Lipinski definition) is 4. The molecule has 2 heterocycles. The molecule has 6 heteroatoms. The standard InChI is InChI=1S/C6H11N3O2S/c10-12-9-6(8-11-12)4-5-2-1-3-7-5/h5,7H,1-4H2,(H,8,9)/t5-,12?/m0/s1. The molecule has 68 valence electrons. The third kappa shape index (κ3) is 1.82. The highest BCUT2D eigenvalue weighted by atomic mass is 32.2. The lowest BCUT2D eigenvalue weighted by molar-refractivity contribution is 0.301. The lowest BCUT2D eigenvalue weighted by Gasteiger charge is -2.07. The van der Waals surface area contributed by atoms with Crippen LogP contribution in [0.2, 0.25) is 0 Å². The number of hydroxylamine groups is 1. The predicted octanol–water partition coefficient (Wildman–Crippen LogP) is -0.359. The number of hydrogen-bond donors (Lipinski definition) is 2. The Bertz CT molecular complexity index is 225. The second-order valence-electron chi connectivity index (χ2n) is 2.94. The summed E-state index contributed by atoms with van der Waals surface area (Å²) in [6, 6.07) is 0.468. The molecule has 0 radical (unpaired) electrons. The quantitative estimate of drug-likeness (QED) is 0.622. The minimum atomic E-state index is -1.50. The SMILES string of the molecule is O=S1N=C(C[C@@H]2CCCN2)NO1. The molecule has 1 unspecified atom stereocenters. The van der Waals surface area contributed by atoms with Crippen LogP contribution in [0.5, 0.6) is 0 Å². The van der Waals surface area contributed by atoms with E-state index >= 15 is 0 Å². The van der Waals surface area contributed by atoms with Gasteiger partial charge in [-0.25, -0.2) is 9.69 Å². The number of nitrogens with zero attached hydrogens (tertiary/aromatic N) is 1. The normalized spacial score (nSPS) is 34.8. The van der Waals surface area contributed by atoms with Crippen LogP contribution in [0.25, 0.3) is 0 Å². The summed E-state index contributed by atoms with van der Waals surface area (Å²) in [4.78, 5) is 0. The number of amidine groups is 1. The molecule has 1 fully saturated rings. The minimum absolute atomic E-state index is 0.468. The van der Waals surface area contributed by atoms with Crippen molar-refractivity contribution < 1.29 is 8.49 Å². The molecule has 2 atom stereocenters. The molecule has 0 amide bonds. The molecule has 12 heavy (non-hydrogen) atoms. The van der Waals surface area contributed by atoms with Crippen molar-refractivity contribution in [3.8, 4) is 0 Å².